The molecule has 0 bridgehead atoms. The molecule has 9 heteroatoms. The number of nitrogens with zero attached hydrogens (tertiary/aromatic N) is 4. The van der Waals surface area contributed by atoms with Crippen LogP contribution < -0.4 is 5.32 Å². The molecule has 0 saturated carbocycles. The maximum absolute atomic E-state index is 11.5. The van der Waals surface area contributed by atoms with E-state index in [1.807, 2.05) is 30.3 Å². The number of anilines is 1. The summed E-state index contributed by atoms with van der Waals surface area (Å²) < 4.78 is 4.94. The van der Waals surface area contributed by atoms with Crippen LogP contribution in [0.2, 0.25) is 0 Å². The predicted octanol–water partition coefficient (Wildman–Crippen LogP) is 0.506. The summed E-state index contributed by atoms with van der Waals surface area (Å²) in [5, 5.41) is 21.3. The Kier molecular flexibility index (Phi) is 4.22. The number of carboxylic acid groups (broad SMARTS) is 1. The minimum atomic E-state index is -1.11. The van der Waals surface area contributed by atoms with E-state index in [-0.39, 0.29) is 12.6 Å². The Balaban J connectivity index is 1.82. The van der Waals surface area contributed by atoms with Gasteiger partial charge in [0.25, 0.3) is 5.95 Å². The van der Waals surface area contributed by atoms with Gasteiger partial charge in [0, 0.05) is 0 Å². The van der Waals surface area contributed by atoms with Crippen LogP contribution in [0.4, 0.5) is 10.7 Å². The predicted molar refractivity (Wildman–Crippen MR) is 65.7 cm³/mol. The number of carboxylic acids is 1. The van der Waals surface area contributed by atoms with Crippen molar-refractivity contribution < 1.29 is 19.4 Å². The van der Waals surface area contributed by atoms with Crippen LogP contribution in [0.15, 0.2) is 30.3 Å². The molecule has 0 unspecified atom stereocenters. The lowest BCUT2D eigenvalue weighted by molar-refractivity contribution is -0.138. The zero-order valence-corrected chi connectivity index (χ0v) is 10.3. The highest BCUT2D eigenvalue weighted by molar-refractivity contribution is 5.81. The number of hydrogen-bond donors (Lipinski definition) is 2. The molecule has 9 nitrogen and oxygen atoms in total. The largest absolute Gasteiger partial charge is 0.480 e. The van der Waals surface area contributed by atoms with Gasteiger partial charge in [0.15, 0.2) is 6.54 Å². The third-order valence-corrected chi connectivity index (χ3v) is 2.16. The van der Waals surface area contributed by atoms with Gasteiger partial charge in [-0.2, -0.15) is 4.80 Å². The SMILES string of the molecule is O=C(O)Cn1nnc(NC(=O)OCc2ccccc2)n1. The quantitative estimate of drug-likeness (QED) is 0.816. The molecule has 0 aliphatic rings. The summed E-state index contributed by atoms with van der Waals surface area (Å²) in [6.45, 7) is -0.330. The smallest absolute Gasteiger partial charge is 0.414 e. The molecule has 2 rings (SSSR count). The lowest BCUT2D eigenvalue weighted by Gasteiger charge is -2.03. The van der Waals surface area contributed by atoms with E-state index < -0.39 is 18.6 Å². The molecule has 2 N–H and O–H groups in total. The number of aromatic nitrogens is 4. The van der Waals surface area contributed by atoms with Crippen molar-refractivity contribution in [3.05, 3.63) is 35.9 Å². The molecule has 104 valence electrons. The van der Waals surface area contributed by atoms with Crippen LogP contribution in [-0.4, -0.2) is 37.4 Å². The fraction of sp³-hybridized carbons (Fsp3) is 0.182. The summed E-state index contributed by atoms with van der Waals surface area (Å²) in [4.78, 5) is 22.7. The normalized spacial score (nSPS) is 10.0. The highest BCUT2D eigenvalue weighted by Crippen LogP contribution is 2.02. The van der Waals surface area contributed by atoms with Crippen molar-refractivity contribution in [1.82, 2.24) is 20.2 Å². The second-order valence-electron chi connectivity index (χ2n) is 3.72. The summed E-state index contributed by atoms with van der Waals surface area (Å²) in [7, 11) is 0. The minimum absolute atomic E-state index is 0.107. The van der Waals surface area contributed by atoms with Crippen molar-refractivity contribution in [3.63, 3.8) is 0 Å². The van der Waals surface area contributed by atoms with E-state index in [1.165, 1.54) is 0 Å². The van der Waals surface area contributed by atoms with Gasteiger partial charge in [0.05, 0.1) is 0 Å². The van der Waals surface area contributed by atoms with Crippen molar-refractivity contribution in [2.45, 2.75) is 13.2 Å². The maximum Gasteiger partial charge on any atom is 0.414 e. The van der Waals surface area contributed by atoms with Gasteiger partial charge in [0.1, 0.15) is 6.61 Å². The summed E-state index contributed by atoms with van der Waals surface area (Å²) in [5.41, 5.74) is 0.838. The van der Waals surface area contributed by atoms with Gasteiger partial charge in [-0.3, -0.25) is 10.1 Å². The molecule has 0 fully saturated rings. The molecule has 1 amide bonds. The van der Waals surface area contributed by atoms with E-state index in [9.17, 15) is 9.59 Å². The first-order chi connectivity index (χ1) is 9.63. The van der Waals surface area contributed by atoms with Crippen LogP contribution in [0.3, 0.4) is 0 Å². The van der Waals surface area contributed by atoms with Crippen LogP contribution in [0.25, 0.3) is 0 Å². The topological polar surface area (TPSA) is 119 Å². The van der Waals surface area contributed by atoms with Gasteiger partial charge in [-0.05, 0) is 10.8 Å². The molecule has 20 heavy (non-hydrogen) atoms. The number of nitrogens with one attached hydrogen (secondary N) is 1. The summed E-state index contributed by atoms with van der Waals surface area (Å²) in [6, 6.07) is 9.14. The Morgan fingerprint density at radius 1 is 1.30 bits per heavy atom. The van der Waals surface area contributed by atoms with Gasteiger partial charge in [-0.1, -0.05) is 35.4 Å². The fourth-order valence-corrected chi connectivity index (χ4v) is 1.33. The number of tetrazole rings is 1. The molecule has 2 aromatic rings. The zero-order valence-electron chi connectivity index (χ0n) is 10.3. The molecule has 1 aromatic heterocycles. The summed E-state index contributed by atoms with van der Waals surface area (Å²) in [5.74, 6) is -1.23. The molecule has 0 aliphatic carbocycles. The molecule has 0 aliphatic heterocycles. The van der Waals surface area contributed by atoms with Crippen molar-refractivity contribution in [2.75, 3.05) is 5.32 Å². The second kappa shape index (κ2) is 6.27. The number of benzene rings is 1. The Morgan fingerprint density at radius 3 is 2.75 bits per heavy atom. The van der Waals surface area contributed by atoms with Gasteiger partial charge in [-0.25, -0.2) is 4.79 Å². The number of aliphatic carboxylic acids is 1. The third kappa shape index (κ3) is 4.05. The molecule has 0 radical (unpaired) electrons. The number of carbonyl (C=O) groups excluding carboxylic acids is 1. The first-order valence-corrected chi connectivity index (χ1v) is 5.61. The van der Waals surface area contributed by atoms with Crippen LogP contribution in [0.1, 0.15) is 5.56 Å². The van der Waals surface area contributed by atoms with E-state index in [2.05, 4.69) is 20.7 Å². The molecule has 0 atom stereocenters. The number of amides is 1. The average Bonchev–Trinajstić information content (AvgIpc) is 2.84. The molecular weight excluding hydrogens is 266 g/mol. The van der Waals surface area contributed by atoms with Crippen molar-refractivity contribution >= 4 is 18.0 Å². The van der Waals surface area contributed by atoms with Crippen LogP contribution in [0, 0.1) is 0 Å². The minimum Gasteiger partial charge on any atom is -0.480 e. The van der Waals surface area contributed by atoms with Crippen molar-refractivity contribution in [3.8, 4) is 0 Å². The van der Waals surface area contributed by atoms with Crippen molar-refractivity contribution in [2.24, 2.45) is 0 Å². The van der Waals surface area contributed by atoms with E-state index in [4.69, 9.17) is 9.84 Å². The zero-order chi connectivity index (χ0) is 14.4. The molecule has 0 spiro atoms. The van der Waals surface area contributed by atoms with Crippen LogP contribution in [0.5, 0.6) is 0 Å². The number of rotatable bonds is 5. The summed E-state index contributed by atoms with van der Waals surface area (Å²) >= 11 is 0. The fourth-order valence-electron chi connectivity index (χ4n) is 1.33. The third-order valence-electron chi connectivity index (χ3n) is 2.16. The van der Waals surface area contributed by atoms with Crippen molar-refractivity contribution in [1.29, 1.82) is 0 Å². The first kappa shape index (κ1) is 13.5. The molecule has 0 saturated heterocycles. The Bertz CT molecular complexity index is 598. The monoisotopic (exact) mass is 277 g/mol. The Morgan fingerprint density at radius 2 is 2.05 bits per heavy atom. The van der Waals surface area contributed by atoms with E-state index >= 15 is 0 Å². The number of carbonyl (C=O) groups is 2. The summed E-state index contributed by atoms with van der Waals surface area (Å²) in [6.07, 6.45) is -0.747. The van der Waals surface area contributed by atoms with Crippen LogP contribution >= 0.6 is 0 Å². The van der Waals surface area contributed by atoms with Gasteiger partial charge >= 0.3 is 12.1 Å². The maximum atomic E-state index is 11.5. The van der Waals surface area contributed by atoms with E-state index in [1.54, 1.807) is 0 Å². The number of hydrogen-bond acceptors (Lipinski definition) is 6. The molecule has 1 aromatic carbocycles. The van der Waals surface area contributed by atoms with Gasteiger partial charge in [-0.15, -0.1) is 5.10 Å². The highest BCUT2D eigenvalue weighted by atomic mass is 16.5. The Labute approximate surface area is 113 Å². The number of ether oxygens (including phenoxy) is 1. The lowest BCUT2D eigenvalue weighted by Crippen LogP contribution is -2.15. The average molecular weight is 277 g/mol. The van der Waals surface area contributed by atoms with Crippen LogP contribution in [-0.2, 0) is 22.7 Å². The van der Waals surface area contributed by atoms with Gasteiger partial charge in [0.2, 0.25) is 0 Å². The first-order valence-electron chi connectivity index (χ1n) is 5.61. The molecular formula is C11H11N5O4. The second-order valence-corrected chi connectivity index (χ2v) is 3.72. The molecule has 1 heterocycles. The highest BCUT2D eigenvalue weighted by Gasteiger charge is 2.10. The van der Waals surface area contributed by atoms with Gasteiger partial charge < -0.3 is 9.84 Å². The standard InChI is InChI=1S/C11H11N5O4/c17-9(18)6-16-14-10(13-15-16)12-11(19)20-7-8-4-2-1-3-5-8/h1-5H,6-7H2,(H,17,18)(H,12,14,19). The Hall–Kier alpha value is -2.97. The van der Waals surface area contributed by atoms with E-state index in [0.29, 0.717) is 0 Å². The lowest BCUT2D eigenvalue weighted by atomic mass is 10.2. The van der Waals surface area contributed by atoms with E-state index in [0.717, 1.165) is 10.4 Å².